The summed E-state index contributed by atoms with van der Waals surface area (Å²) in [5.74, 6) is 0. The molecular formula is C10H3Cl3F3NO. The molecule has 1 N–H and O–H groups in total. The molecule has 2 aromatic rings. The summed E-state index contributed by atoms with van der Waals surface area (Å²) in [6.45, 7) is 0. The van der Waals surface area contributed by atoms with Crippen molar-refractivity contribution in [2.75, 3.05) is 0 Å². The highest BCUT2D eigenvalue weighted by molar-refractivity contribution is 6.40. The van der Waals surface area contributed by atoms with E-state index in [2.05, 4.69) is 0 Å². The number of nitrogens with one attached hydrogen (secondary N) is 1. The van der Waals surface area contributed by atoms with Crippen LogP contribution in [0, 0.1) is 0 Å². The van der Waals surface area contributed by atoms with Crippen LogP contribution in [0.1, 0.15) is 5.69 Å². The molecule has 0 saturated heterocycles. The molecule has 0 fully saturated rings. The predicted molar refractivity (Wildman–Crippen MR) is 64.6 cm³/mol. The molecule has 0 radical (unpaired) electrons. The minimum Gasteiger partial charge on any atom is -0.348 e. The minimum atomic E-state index is -4.78. The van der Waals surface area contributed by atoms with Gasteiger partial charge >= 0.3 is 6.18 Å². The molecule has 0 bridgehead atoms. The second kappa shape index (κ2) is 4.33. The van der Waals surface area contributed by atoms with E-state index >= 15 is 0 Å². The molecule has 1 aromatic heterocycles. The highest BCUT2D eigenvalue weighted by Crippen LogP contribution is 2.35. The molecule has 0 amide bonds. The zero-order valence-electron chi connectivity index (χ0n) is 8.33. The smallest absolute Gasteiger partial charge is 0.348 e. The molecule has 0 spiro atoms. The SMILES string of the molecule is O=c1c(Cl)c(C(F)(F)F)[nH]c2c(Cl)ccc(Cl)c12. The summed E-state index contributed by atoms with van der Waals surface area (Å²) in [5, 5.41) is -1.19. The topological polar surface area (TPSA) is 32.9 Å². The standard InChI is InChI=1S/C10H3Cl3F3NO/c11-3-1-2-4(12)7-5(3)8(18)6(13)9(17-7)10(14,15)16/h1-2H,(H,17,18). The van der Waals surface area contributed by atoms with E-state index in [1.54, 1.807) is 0 Å². The number of rotatable bonds is 0. The number of hydrogen-bond donors (Lipinski definition) is 1. The van der Waals surface area contributed by atoms with Gasteiger partial charge in [0.1, 0.15) is 10.7 Å². The Hall–Kier alpha value is -0.910. The Labute approximate surface area is 113 Å². The van der Waals surface area contributed by atoms with Gasteiger partial charge in [0.05, 0.1) is 20.9 Å². The molecule has 0 atom stereocenters. The van der Waals surface area contributed by atoms with E-state index in [4.69, 9.17) is 34.8 Å². The first kappa shape index (κ1) is 13.5. The van der Waals surface area contributed by atoms with Gasteiger partial charge in [-0.3, -0.25) is 4.79 Å². The Morgan fingerprint density at radius 2 is 1.61 bits per heavy atom. The van der Waals surface area contributed by atoms with Gasteiger partial charge in [-0.2, -0.15) is 13.2 Å². The van der Waals surface area contributed by atoms with Gasteiger partial charge in [0.15, 0.2) is 0 Å². The third-order valence-corrected chi connectivity index (χ3v) is 3.27. The molecule has 1 heterocycles. The fourth-order valence-corrected chi connectivity index (χ4v) is 2.19. The average Bonchev–Trinajstić information content (AvgIpc) is 2.26. The molecule has 0 unspecified atom stereocenters. The number of aromatic amines is 1. The van der Waals surface area contributed by atoms with Gasteiger partial charge in [0.25, 0.3) is 0 Å². The van der Waals surface area contributed by atoms with Gasteiger partial charge in [0, 0.05) is 0 Å². The summed E-state index contributed by atoms with van der Waals surface area (Å²) in [6, 6.07) is 2.60. The number of alkyl halides is 3. The molecule has 2 rings (SSSR count). The summed E-state index contributed by atoms with van der Waals surface area (Å²) in [7, 11) is 0. The molecule has 0 aliphatic rings. The van der Waals surface area contributed by atoms with E-state index in [-0.39, 0.29) is 20.9 Å². The molecule has 8 heteroatoms. The Morgan fingerprint density at radius 3 is 2.17 bits per heavy atom. The zero-order valence-corrected chi connectivity index (χ0v) is 10.6. The number of fused-ring (bicyclic) bond motifs is 1. The lowest BCUT2D eigenvalue weighted by atomic mass is 10.2. The molecule has 2 nitrogen and oxygen atoms in total. The van der Waals surface area contributed by atoms with Crippen LogP contribution >= 0.6 is 34.8 Å². The van der Waals surface area contributed by atoms with E-state index in [0.717, 1.165) is 0 Å². The van der Waals surface area contributed by atoms with Gasteiger partial charge < -0.3 is 4.98 Å². The zero-order chi connectivity index (χ0) is 13.7. The van der Waals surface area contributed by atoms with E-state index < -0.39 is 22.3 Å². The number of H-pyrrole nitrogens is 1. The Kier molecular flexibility index (Phi) is 3.25. The maximum atomic E-state index is 12.7. The maximum Gasteiger partial charge on any atom is 0.432 e. The van der Waals surface area contributed by atoms with Crippen molar-refractivity contribution in [3.8, 4) is 0 Å². The Bertz CT molecular complexity index is 693. The minimum absolute atomic E-state index is 0.0220. The van der Waals surface area contributed by atoms with Crippen LogP contribution in [-0.2, 0) is 6.18 Å². The van der Waals surface area contributed by atoms with Gasteiger partial charge in [-0.15, -0.1) is 0 Å². The lowest BCUT2D eigenvalue weighted by molar-refractivity contribution is -0.140. The Balaban J connectivity index is 3.02. The van der Waals surface area contributed by atoms with Crippen LogP contribution in [0.5, 0.6) is 0 Å². The van der Waals surface area contributed by atoms with Crippen LogP contribution in [0.3, 0.4) is 0 Å². The number of aromatic nitrogens is 1. The molecule has 0 aliphatic heterocycles. The number of benzene rings is 1. The molecule has 0 aliphatic carbocycles. The van der Waals surface area contributed by atoms with Gasteiger partial charge in [-0.25, -0.2) is 0 Å². The third kappa shape index (κ3) is 2.06. The van der Waals surface area contributed by atoms with Crippen LogP contribution in [0.4, 0.5) is 13.2 Å². The molecule has 0 saturated carbocycles. The van der Waals surface area contributed by atoms with E-state index in [1.165, 1.54) is 12.1 Å². The fraction of sp³-hybridized carbons (Fsp3) is 0.100. The lowest BCUT2D eigenvalue weighted by Gasteiger charge is -2.11. The van der Waals surface area contributed by atoms with Crippen molar-refractivity contribution in [1.82, 2.24) is 4.98 Å². The highest BCUT2D eigenvalue weighted by atomic mass is 35.5. The van der Waals surface area contributed by atoms with Gasteiger partial charge in [-0.1, -0.05) is 34.8 Å². The first-order valence-electron chi connectivity index (χ1n) is 4.50. The van der Waals surface area contributed by atoms with Crippen molar-refractivity contribution in [3.05, 3.63) is 43.1 Å². The molecular weight excluding hydrogens is 313 g/mol. The number of hydrogen-bond acceptors (Lipinski definition) is 1. The molecule has 96 valence electrons. The number of halogens is 6. The summed E-state index contributed by atoms with van der Waals surface area (Å²) in [6.07, 6.45) is -4.78. The predicted octanol–water partition coefficient (Wildman–Crippen LogP) is 4.51. The van der Waals surface area contributed by atoms with Crippen LogP contribution in [-0.4, -0.2) is 4.98 Å². The number of pyridine rings is 1. The first-order valence-corrected chi connectivity index (χ1v) is 5.63. The van der Waals surface area contributed by atoms with E-state index in [9.17, 15) is 18.0 Å². The normalized spacial score (nSPS) is 12.1. The second-order valence-electron chi connectivity index (χ2n) is 3.42. The largest absolute Gasteiger partial charge is 0.432 e. The van der Waals surface area contributed by atoms with Crippen LogP contribution in [0.2, 0.25) is 15.1 Å². The van der Waals surface area contributed by atoms with E-state index in [1.807, 2.05) is 4.98 Å². The van der Waals surface area contributed by atoms with Crippen molar-refractivity contribution in [2.24, 2.45) is 0 Å². The quantitative estimate of drug-likeness (QED) is 0.762. The Morgan fingerprint density at radius 1 is 1.06 bits per heavy atom. The maximum absolute atomic E-state index is 12.7. The fourth-order valence-electron chi connectivity index (χ4n) is 1.49. The highest BCUT2D eigenvalue weighted by Gasteiger charge is 2.36. The molecule has 18 heavy (non-hydrogen) atoms. The van der Waals surface area contributed by atoms with Gasteiger partial charge in [0.2, 0.25) is 5.43 Å². The monoisotopic (exact) mass is 315 g/mol. The molecule has 1 aromatic carbocycles. The summed E-state index contributed by atoms with van der Waals surface area (Å²) < 4.78 is 38.0. The van der Waals surface area contributed by atoms with Crippen LogP contribution in [0.25, 0.3) is 10.9 Å². The summed E-state index contributed by atoms with van der Waals surface area (Å²) in [5.41, 5.74) is -2.54. The van der Waals surface area contributed by atoms with Crippen molar-refractivity contribution >= 4 is 45.7 Å². The average molecular weight is 316 g/mol. The van der Waals surface area contributed by atoms with E-state index in [0.29, 0.717) is 0 Å². The first-order chi connectivity index (χ1) is 8.23. The van der Waals surface area contributed by atoms with Crippen molar-refractivity contribution in [2.45, 2.75) is 6.18 Å². The van der Waals surface area contributed by atoms with Crippen LogP contribution < -0.4 is 5.43 Å². The van der Waals surface area contributed by atoms with Gasteiger partial charge in [-0.05, 0) is 12.1 Å². The van der Waals surface area contributed by atoms with Crippen molar-refractivity contribution in [3.63, 3.8) is 0 Å². The third-order valence-electron chi connectivity index (χ3n) is 2.28. The van der Waals surface area contributed by atoms with Crippen LogP contribution in [0.15, 0.2) is 16.9 Å². The summed E-state index contributed by atoms with van der Waals surface area (Å²) >= 11 is 16.9. The second-order valence-corrected chi connectivity index (χ2v) is 4.61. The van der Waals surface area contributed by atoms with Crippen molar-refractivity contribution < 1.29 is 13.2 Å². The summed E-state index contributed by atoms with van der Waals surface area (Å²) in [4.78, 5) is 13.8. The van der Waals surface area contributed by atoms with Crippen molar-refractivity contribution in [1.29, 1.82) is 0 Å². The lowest BCUT2D eigenvalue weighted by Crippen LogP contribution is -2.16.